The molecule has 1 aromatic carbocycles. The van der Waals surface area contributed by atoms with Gasteiger partial charge < -0.3 is 9.80 Å². The smallest absolute Gasteiger partial charge is 0.225 e. The van der Waals surface area contributed by atoms with Crippen molar-refractivity contribution in [1.82, 2.24) is 9.80 Å². The molecule has 4 heteroatoms. The van der Waals surface area contributed by atoms with Crippen LogP contribution in [0.25, 0.3) is 0 Å². The fourth-order valence-electron chi connectivity index (χ4n) is 4.48. The Bertz CT molecular complexity index is 593. The molecule has 2 aliphatic rings. The van der Waals surface area contributed by atoms with Crippen molar-refractivity contribution in [2.45, 2.75) is 51.9 Å². The fraction of sp³-hybridized carbons (Fsp3) is 0.636. The summed E-state index contributed by atoms with van der Waals surface area (Å²) >= 11 is 0. The molecule has 1 aromatic rings. The summed E-state index contributed by atoms with van der Waals surface area (Å²) in [4.78, 5) is 29.2. The van der Waals surface area contributed by atoms with E-state index in [0.717, 1.165) is 64.7 Å². The number of benzene rings is 1. The average Bonchev–Trinajstić information content (AvgIpc) is 2.88. The second kappa shape index (κ2) is 9.20. The summed E-state index contributed by atoms with van der Waals surface area (Å²) in [5.41, 5.74) is 1.30. The standard InChI is InChI=1S/C22H32N2O2/c1-2-21(25)23-16-12-19(13-17-23)20-10-6-7-14-24(22(20)26)15-11-18-8-4-3-5-9-18/h3-5,8-9,19-20H,2,6-7,10-17H2,1H3. The molecule has 1 atom stereocenters. The Morgan fingerprint density at radius 2 is 1.77 bits per heavy atom. The molecule has 2 heterocycles. The lowest BCUT2D eigenvalue weighted by atomic mass is 9.81. The first-order valence-electron chi connectivity index (χ1n) is 10.3. The Labute approximate surface area is 157 Å². The normalized spacial score (nSPS) is 22.3. The first kappa shape index (κ1) is 18.9. The molecule has 2 aliphatic heterocycles. The van der Waals surface area contributed by atoms with E-state index in [-0.39, 0.29) is 11.8 Å². The van der Waals surface area contributed by atoms with Crippen molar-refractivity contribution in [2.75, 3.05) is 26.2 Å². The third-order valence-electron chi connectivity index (χ3n) is 6.10. The number of likely N-dealkylation sites (tertiary alicyclic amines) is 2. The van der Waals surface area contributed by atoms with Crippen LogP contribution in [-0.2, 0) is 16.0 Å². The van der Waals surface area contributed by atoms with Crippen molar-refractivity contribution in [2.24, 2.45) is 11.8 Å². The van der Waals surface area contributed by atoms with Crippen LogP contribution in [0.4, 0.5) is 0 Å². The summed E-state index contributed by atoms with van der Waals surface area (Å²) in [6, 6.07) is 10.4. The maximum atomic E-state index is 13.2. The third-order valence-corrected chi connectivity index (χ3v) is 6.10. The highest BCUT2D eigenvalue weighted by molar-refractivity contribution is 5.79. The number of piperidine rings is 1. The number of nitrogens with zero attached hydrogens (tertiary/aromatic N) is 2. The molecule has 142 valence electrons. The Hall–Kier alpha value is -1.84. The van der Waals surface area contributed by atoms with Gasteiger partial charge in [-0.3, -0.25) is 9.59 Å². The van der Waals surface area contributed by atoms with Crippen LogP contribution in [0.15, 0.2) is 30.3 Å². The van der Waals surface area contributed by atoms with E-state index in [0.29, 0.717) is 18.2 Å². The lowest BCUT2D eigenvalue weighted by molar-refractivity contribution is -0.138. The number of rotatable bonds is 5. The monoisotopic (exact) mass is 356 g/mol. The third kappa shape index (κ3) is 4.66. The van der Waals surface area contributed by atoms with Crippen molar-refractivity contribution >= 4 is 11.8 Å². The van der Waals surface area contributed by atoms with Crippen molar-refractivity contribution in [3.63, 3.8) is 0 Å². The van der Waals surface area contributed by atoms with E-state index in [1.165, 1.54) is 5.56 Å². The van der Waals surface area contributed by atoms with Gasteiger partial charge in [0.25, 0.3) is 0 Å². The van der Waals surface area contributed by atoms with Crippen molar-refractivity contribution in [3.8, 4) is 0 Å². The zero-order valence-electron chi connectivity index (χ0n) is 16.0. The Kier molecular flexibility index (Phi) is 6.70. The number of carbonyl (C=O) groups excluding carboxylic acids is 2. The predicted molar refractivity (Wildman–Crippen MR) is 104 cm³/mol. The summed E-state index contributed by atoms with van der Waals surface area (Å²) < 4.78 is 0. The number of amides is 2. The van der Waals surface area contributed by atoms with Gasteiger partial charge in [0.2, 0.25) is 11.8 Å². The van der Waals surface area contributed by atoms with Crippen LogP contribution < -0.4 is 0 Å². The van der Waals surface area contributed by atoms with Crippen LogP contribution in [-0.4, -0.2) is 47.8 Å². The molecular weight excluding hydrogens is 324 g/mol. The molecule has 4 nitrogen and oxygen atoms in total. The van der Waals surface area contributed by atoms with Gasteiger partial charge in [-0.15, -0.1) is 0 Å². The Morgan fingerprint density at radius 1 is 1.04 bits per heavy atom. The van der Waals surface area contributed by atoms with Crippen LogP contribution in [0.2, 0.25) is 0 Å². The van der Waals surface area contributed by atoms with Gasteiger partial charge in [0.05, 0.1) is 0 Å². The minimum Gasteiger partial charge on any atom is -0.343 e. The van der Waals surface area contributed by atoms with E-state index in [1.54, 1.807) is 0 Å². The Morgan fingerprint density at radius 3 is 2.46 bits per heavy atom. The molecular formula is C22H32N2O2. The molecule has 2 saturated heterocycles. The molecule has 0 bridgehead atoms. The van der Waals surface area contributed by atoms with Crippen molar-refractivity contribution in [1.29, 1.82) is 0 Å². The van der Waals surface area contributed by atoms with E-state index in [1.807, 2.05) is 17.9 Å². The van der Waals surface area contributed by atoms with Crippen LogP contribution >= 0.6 is 0 Å². The highest BCUT2D eigenvalue weighted by Gasteiger charge is 2.35. The maximum absolute atomic E-state index is 13.2. The van der Waals surface area contributed by atoms with Gasteiger partial charge in [-0.1, -0.05) is 43.7 Å². The lowest BCUT2D eigenvalue weighted by Gasteiger charge is -2.36. The second-order valence-corrected chi connectivity index (χ2v) is 7.73. The highest BCUT2D eigenvalue weighted by Crippen LogP contribution is 2.32. The number of hydrogen-bond acceptors (Lipinski definition) is 2. The molecule has 0 N–H and O–H groups in total. The van der Waals surface area contributed by atoms with E-state index in [4.69, 9.17) is 0 Å². The molecule has 0 aliphatic carbocycles. The fourth-order valence-corrected chi connectivity index (χ4v) is 4.48. The van der Waals surface area contributed by atoms with Gasteiger partial charge in [0.1, 0.15) is 0 Å². The predicted octanol–water partition coefficient (Wildman–Crippen LogP) is 3.51. The van der Waals surface area contributed by atoms with Gasteiger partial charge in [-0.25, -0.2) is 0 Å². The average molecular weight is 357 g/mol. The number of hydrogen-bond donors (Lipinski definition) is 0. The molecule has 2 amide bonds. The molecule has 26 heavy (non-hydrogen) atoms. The minimum atomic E-state index is 0.159. The molecule has 0 saturated carbocycles. The highest BCUT2D eigenvalue weighted by atomic mass is 16.2. The summed E-state index contributed by atoms with van der Waals surface area (Å²) in [6.45, 7) is 5.30. The van der Waals surface area contributed by atoms with Gasteiger partial charge in [0.15, 0.2) is 0 Å². The summed E-state index contributed by atoms with van der Waals surface area (Å²) in [5.74, 6) is 1.21. The minimum absolute atomic E-state index is 0.159. The first-order chi connectivity index (χ1) is 12.7. The zero-order chi connectivity index (χ0) is 18.4. The van der Waals surface area contributed by atoms with Crippen molar-refractivity contribution < 1.29 is 9.59 Å². The zero-order valence-corrected chi connectivity index (χ0v) is 16.0. The number of carbonyl (C=O) groups is 2. The molecule has 0 radical (unpaired) electrons. The summed E-state index contributed by atoms with van der Waals surface area (Å²) in [6.07, 6.45) is 6.76. The molecule has 2 fully saturated rings. The van der Waals surface area contributed by atoms with Crippen LogP contribution in [0, 0.1) is 11.8 Å². The van der Waals surface area contributed by atoms with Gasteiger partial charge in [-0.2, -0.15) is 0 Å². The quantitative estimate of drug-likeness (QED) is 0.810. The van der Waals surface area contributed by atoms with Gasteiger partial charge >= 0.3 is 0 Å². The second-order valence-electron chi connectivity index (χ2n) is 7.73. The largest absolute Gasteiger partial charge is 0.343 e. The summed E-state index contributed by atoms with van der Waals surface area (Å²) in [5, 5.41) is 0. The summed E-state index contributed by atoms with van der Waals surface area (Å²) in [7, 11) is 0. The molecule has 0 aromatic heterocycles. The SMILES string of the molecule is CCC(=O)N1CCC(C2CCCCN(CCc3ccccc3)C2=O)CC1. The Balaban J connectivity index is 1.57. The van der Waals surface area contributed by atoms with E-state index >= 15 is 0 Å². The maximum Gasteiger partial charge on any atom is 0.225 e. The van der Waals surface area contributed by atoms with Crippen LogP contribution in [0.1, 0.15) is 51.0 Å². The molecule has 1 unspecified atom stereocenters. The van der Waals surface area contributed by atoms with E-state index in [9.17, 15) is 9.59 Å². The lowest BCUT2D eigenvalue weighted by Crippen LogP contribution is -2.44. The van der Waals surface area contributed by atoms with E-state index in [2.05, 4.69) is 29.2 Å². The van der Waals surface area contributed by atoms with Crippen LogP contribution in [0.5, 0.6) is 0 Å². The van der Waals surface area contributed by atoms with Gasteiger partial charge in [0, 0.05) is 38.5 Å². The molecule has 3 rings (SSSR count). The van der Waals surface area contributed by atoms with Crippen molar-refractivity contribution in [3.05, 3.63) is 35.9 Å². The first-order valence-corrected chi connectivity index (χ1v) is 10.3. The van der Waals surface area contributed by atoms with Crippen LogP contribution in [0.3, 0.4) is 0 Å². The topological polar surface area (TPSA) is 40.6 Å². The van der Waals surface area contributed by atoms with E-state index < -0.39 is 0 Å². The molecule has 0 spiro atoms. The van der Waals surface area contributed by atoms with Gasteiger partial charge in [-0.05, 0) is 43.6 Å².